The highest BCUT2D eigenvalue weighted by molar-refractivity contribution is 7.93. The van der Waals surface area contributed by atoms with Crippen molar-refractivity contribution in [3.63, 3.8) is 0 Å². The van der Waals surface area contributed by atoms with Crippen LogP contribution < -0.4 is 10.0 Å². The lowest BCUT2D eigenvalue weighted by Crippen LogP contribution is -2.42. The average Bonchev–Trinajstić information content (AvgIpc) is 2.70. The highest BCUT2D eigenvalue weighted by atomic mass is 32.2. The van der Waals surface area contributed by atoms with E-state index in [9.17, 15) is 13.2 Å². The van der Waals surface area contributed by atoms with Gasteiger partial charge in [0.15, 0.2) is 12.1 Å². The minimum atomic E-state index is -3.61. The van der Waals surface area contributed by atoms with E-state index in [-0.39, 0.29) is 17.1 Å². The number of allylic oxidation sites excluding steroid dienone is 3. The van der Waals surface area contributed by atoms with Gasteiger partial charge in [-0.2, -0.15) is 4.72 Å². The monoisotopic (exact) mass is 244 g/mol. The van der Waals surface area contributed by atoms with Crippen molar-refractivity contribution in [2.24, 2.45) is 0 Å². The Labute approximate surface area is 93.4 Å². The molecule has 0 spiro atoms. The molecule has 1 heterocycles. The number of hydrogen-bond acceptors (Lipinski definition) is 5. The minimum Gasteiger partial charge on any atom is -0.348 e. The molecular formula is C9H12N2O4S. The summed E-state index contributed by atoms with van der Waals surface area (Å²) < 4.78 is 31.0. The molecule has 0 aromatic heterocycles. The zero-order chi connectivity index (χ0) is 11.6. The summed E-state index contributed by atoms with van der Waals surface area (Å²) in [7, 11) is -3.61. The molecule has 1 fully saturated rings. The number of carbonyl (C=O) groups is 1. The predicted octanol–water partition coefficient (Wildman–Crippen LogP) is -0.778. The van der Waals surface area contributed by atoms with Crippen LogP contribution in [0.3, 0.4) is 0 Å². The molecular weight excluding hydrogens is 232 g/mol. The second-order valence-electron chi connectivity index (χ2n) is 3.44. The largest absolute Gasteiger partial charge is 0.348 e. The Bertz CT molecular complexity index is 446. The van der Waals surface area contributed by atoms with Crippen LogP contribution in [0.15, 0.2) is 23.1 Å². The van der Waals surface area contributed by atoms with E-state index in [1.165, 1.54) is 18.2 Å². The fourth-order valence-corrected chi connectivity index (χ4v) is 2.54. The number of carbonyl (C=O) groups excluding carboxylic acids is 1. The van der Waals surface area contributed by atoms with Crippen LogP contribution in [-0.2, 0) is 19.6 Å². The zero-order valence-electron chi connectivity index (χ0n) is 8.47. The van der Waals surface area contributed by atoms with Gasteiger partial charge in [-0.1, -0.05) is 6.08 Å². The fourth-order valence-electron chi connectivity index (χ4n) is 1.42. The van der Waals surface area contributed by atoms with Crippen LogP contribution in [0.4, 0.5) is 0 Å². The standard InChI is InChI=1S/C9H12N2O4S/c12-7-1-3-8(4-2-7)16(13,14)11-9-10-5-6-15-9/h1,3-4,9-11H,2,5-6H2. The van der Waals surface area contributed by atoms with Crippen molar-refractivity contribution in [2.45, 2.75) is 12.8 Å². The van der Waals surface area contributed by atoms with E-state index in [0.717, 1.165) is 0 Å². The molecule has 1 aliphatic carbocycles. The van der Waals surface area contributed by atoms with Gasteiger partial charge in [0, 0.05) is 13.0 Å². The Morgan fingerprint density at radius 1 is 1.44 bits per heavy atom. The van der Waals surface area contributed by atoms with Crippen LogP contribution in [0.1, 0.15) is 6.42 Å². The predicted molar refractivity (Wildman–Crippen MR) is 56.6 cm³/mol. The molecule has 1 saturated heterocycles. The highest BCUT2D eigenvalue weighted by Crippen LogP contribution is 2.13. The van der Waals surface area contributed by atoms with Crippen LogP contribution in [0.5, 0.6) is 0 Å². The van der Waals surface area contributed by atoms with Crippen molar-refractivity contribution in [3.8, 4) is 0 Å². The molecule has 2 rings (SSSR count). The summed E-state index contributed by atoms with van der Waals surface area (Å²) in [6.07, 6.45) is 3.38. The number of rotatable bonds is 3. The summed E-state index contributed by atoms with van der Waals surface area (Å²) in [6.45, 7) is 1.08. The molecule has 7 heteroatoms. The first-order chi connectivity index (χ1) is 7.58. The summed E-state index contributed by atoms with van der Waals surface area (Å²) in [5, 5.41) is 2.83. The first-order valence-electron chi connectivity index (χ1n) is 4.86. The third kappa shape index (κ3) is 2.56. The molecule has 16 heavy (non-hydrogen) atoms. The molecule has 0 aromatic rings. The van der Waals surface area contributed by atoms with Crippen LogP contribution in [0.2, 0.25) is 0 Å². The first-order valence-corrected chi connectivity index (χ1v) is 6.35. The van der Waals surface area contributed by atoms with Gasteiger partial charge < -0.3 is 4.74 Å². The fraction of sp³-hybridized carbons (Fsp3) is 0.444. The van der Waals surface area contributed by atoms with Gasteiger partial charge in [0.1, 0.15) is 0 Å². The molecule has 88 valence electrons. The molecule has 0 radical (unpaired) electrons. The average molecular weight is 244 g/mol. The summed E-state index contributed by atoms with van der Waals surface area (Å²) in [6, 6.07) is 0. The molecule has 0 aromatic carbocycles. The number of hydrogen-bond donors (Lipinski definition) is 2. The van der Waals surface area contributed by atoms with Crippen LogP contribution in [0, 0.1) is 0 Å². The highest BCUT2D eigenvalue weighted by Gasteiger charge is 2.24. The van der Waals surface area contributed by atoms with Gasteiger partial charge in [-0.25, -0.2) is 8.42 Å². The topological polar surface area (TPSA) is 84.5 Å². The summed E-state index contributed by atoms with van der Waals surface area (Å²) in [4.78, 5) is 11.0. The Morgan fingerprint density at radius 2 is 2.25 bits per heavy atom. The summed E-state index contributed by atoms with van der Waals surface area (Å²) in [5.74, 6) is -0.103. The molecule has 1 unspecified atom stereocenters. The number of ether oxygens (including phenoxy) is 1. The maximum Gasteiger partial charge on any atom is 0.243 e. The minimum absolute atomic E-state index is 0.101. The molecule has 6 nitrogen and oxygen atoms in total. The van der Waals surface area contributed by atoms with Gasteiger partial charge in [0.2, 0.25) is 10.0 Å². The molecule has 1 atom stereocenters. The van der Waals surface area contributed by atoms with E-state index in [1.807, 2.05) is 0 Å². The van der Waals surface area contributed by atoms with Gasteiger partial charge in [0.25, 0.3) is 0 Å². The van der Waals surface area contributed by atoms with Crippen molar-refractivity contribution in [2.75, 3.05) is 13.2 Å². The quantitative estimate of drug-likeness (QED) is 0.680. The third-order valence-electron chi connectivity index (χ3n) is 2.23. The molecule has 2 N–H and O–H groups in total. The SMILES string of the molecule is O=C1C=CC(S(=O)(=O)NC2NCCO2)=CC1. The van der Waals surface area contributed by atoms with E-state index in [2.05, 4.69) is 10.0 Å². The number of nitrogens with one attached hydrogen (secondary N) is 2. The molecule has 2 aliphatic rings. The lowest BCUT2D eigenvalue weighted by Gasteiger charge is -2.14. The van der Waals surface area contributed by atoms with Crippen LogP contribution >= 0.6 is 0 Å². The third-order valence-corrected chi connectivity index (χ3v) is 3.67. The second kappa shape index (κ2) is 4.46. The number of sulfonamides is 1. The Morgan fingerprint density at radius 3 is 2.81 bits per heavy atom. The Hall–Kier alpha value is -1.02. The second-order valence-corrected chi connectivity index (χ2v) is 5.15. The lowest BCUT2D eigenvalue weighted by molar-refractivity contribution is -0.113. The summed E-state index contributed by atoms with van der Waals surface area (Å²) >= 11 is 0. The maximum absolute atomic E-state index is 11.8. The normalized spacial score (nSPS) is 25.9. The van der Waals surface area contributed by atoms with E-state index < -0.39 is 16.4 Å². The molecule has 0 amide bonds. The summed E-state index contributed by atoms with van der Waals surface area (Å²) in [5.41, 5.74) is 0. The Balaban J connectivity index is 2.07. The van der Waals surface area contributed by atoms with Crippen molar-refractivity contribution in [1.29, 1.82) is 0 Å². The van der Waals surface area contributed by atoms with Gasteiger partial charge in [-0.3, -0.25) is 10.1 Å². The maximum atomic E-state index is 11.8. The van der Waals surface area contributed by atoms with Gasteiger partial charge >= 0.3 is 0 Å². The van der Waals surface area contributed by atoms with Crippen molar-refractivity contribution in [3.05, 3.63) is 23.1 Å². The molecule has 1 aliphatic heterocycles. The zero-order valence-corrected chi connectivity index (χ0v) is 9.29. The smallest absolute Gasteiger partial charge is 0.243 e. The number of ketones is 1. The van der Waals surface area contributed by atoms with E-state index in [4.69, 9.17) is 4.74 Å². The lowest BCUT2D eigenvalue weighted by atomic mass is 10.2. The molecule has 0 saturated carbocycles. The van der Waals surface area contributed by atoms with Crippen LogP contribution in [-0.4, -0.2) is 33.7 Å². The van der Waals surface area contributed by atoms with Crippen molar-refractivity contribution >= 4 is 15.8 Å². The first kappa shape index (κ1) is 11.5. The Kier molecular flexibility index (Phi) is 3.20. The van der Waals surface area contributed by atoms with Gasteiger partial charge in [-0.05, 0) is 12.2 Å². The van der Waals surface area contributed by atoms with E-state index >= 15 is 0 Å². The van der Waals surface area contributed by atoms with Gasteiger partial charge in [-0.15, -0.1) is 0 Å². The van der Waals surface area contributed by atoms with Crippen molar-refractivity contribution in [1.82, 2.24) is 10.0 Å². The van der Waals surface area contributed by atoms with Crippen molar-refractivity contribution < 1.29 is 17.9 Å². The molecule has 0 bridgehead atoms. The van der Waals surface area contributed by atoms with Crippen LogP contribution in [0.25, 0.3) is 0 Å². The van der Waals surface area contributed by atoms with E-state index in [1.54, 1.807) is 0 Å². The van der Waals surface area contributed by atoms with Gasteiger partial charge in [0.05, 0.1) is 11.5 Å². The van der Waals surface area contributed by atoms with E-state index in [0.29, 0.717) is 13.2 Å².